The Morgan fingerprint density at radius 3 is 2.60 bits per heavy atom. The van der Waals surface area contributed by atoms with Crippen molar-refractivity contribution in [3.63, 3.8) is 0 Å². The molecular formula is C15H15FN2OS. The van der Waals surface area contributed by atoms with Crippen LogP contribution in [0.2, 0.25) is 0 Å². The first-order chi connectivity index (χ1) is 9.60. The molecule has 0 atom stereocenters. The highest BCUT2D eigenvalue weighted by atomic mass is 32.1. The molecule has 0 amide bonds. The topological polar surface area (TPSA) is 45.9 Å². The molecule has 0 spiro atoms. The fraction of sp³-hybridized carbons (Fsp3) is 0.333. The molecule has 0 radical (unpaired) electrons. The van der Waals surface area contributed by atoms with E-state index in [1.165, 1.54) is 23.5 Å². The number of nitriles is 1. The number of thiazole rings is 1. The monoisotopic (exact) mass is 290 g/mol. The Labute approximate surface area is 121 Å². The summed E-state index contributed by atoms with van der Waals surface area (Å²) in [5.74, 6) is 0.595. The quantitative estimate of drug-likeness (QED) is 0.839. The molecule has 2 rings (SSSR count). The third-order valence-electron chi connectivity index (χ3n) is 2.74. The molecule has 0 fully saturated rings. The third-order valence-corrected chi connectivity index (χ3v) is 3.78. The fourth-order valence-corrected chi connectivity index (χ4v) is 2.74. The second kappa shape index (κ2) is 6.49. The Morgan fingerprint density at radius 2 is 2.05 bits per heavy atom. The van der Waals surface area contributed by atoms with Gasteiger partial charge in [0.15, 0.2) is 0 Å². The van der Waals surface area contributed by atoms with Gasteiger partial charge in [-0.15, -0.1) is 11.3 Å². The third kappa shape index (κ3) is 3.55. The van der Waals surface area contributed by atoms with Crippen LogP contribution in [0.3, 0.4) is 0 Å². The van der Waals surface area contributed by atoms with Crippen molar-refractivity contribution in [1.29, 1.82) is 5.26 Å². The van der Waals surface area contributed by atoms with Crippen LogP contribution in [0.5, 0.6) is 5.75 Å². The van der Waals surface area contributed by atoms with E-state index in [1.54, 1.807) is 12.1 Å². The van der Waals surface area contributed by atoms with Gasteiger partial charge in [0.25, 0.3) is 0 Å². The van der Waals surface area contributed by atoms with Crippen molar-refractivity contribution in [2.75, 3.05) is 6.61 Å². The summed E-state index contributed by atoms with van der Waals surface area (Å²) in [5, 5.41) is 9.96. The molecule has 0 aliphatic carbocycles. The Kier molecular flexibility index (Phi) is 4.70. The number of halogens is 1. The zero-order valence-electron chi connectivity index (χ0n) is 11.4. The minimum atomic E-state index is -0.280. The molecule has 1 aromatic carbocycles. The van der Waals surface area contributed by atoms with E-state index >= 15 is 0 Å². The maximum Gasteiger partial charge on any atom is 0.128 e. The predicted octanol–water partition coefficient (Wildman–Crippen LogP) is 3.90. The van der Waals surface area contributed by atoms with E-state index in [2.05, 4.69) is 11.1 Å². The van der Waals surface area contributed by atoms with E-state index in [1.807, 2.05) is 13.8 Å². The highest BCUT2D eigenvalue weighted by Crippen LogP contribution is 2.24. The summed E-state index contributed by atoms with van der Waals surface area (Å²) in [6.45, 7) is 4.50. The van der Waals surface area contributed by atoms with Gasteiger partial charge in [0, 0.05) is 6.42 Å². The SMILES string of the molecule is CC(C)c1nc(CCOc2ccc(F)cc2)sc1C#N. The van der Waals surface area contributed by atoms with Crippen molar-refractivity contribution in [1.82, 2.24) is 4.98 Å². The molecule has 2 aromatic rings. The molecule has 0 saturated carbocycles. The Morgan fingerprint density at radius 1 is 1.35 bits per heavy atom. The summed E-state index contributed by atoms with van der Waals surface area (Å²) in [7, 11) is 0. The van der Waals surface area contributed by atoms with Crippen molar-refractivity contribution >= 4 is 11.3 Å². The summed E-state index contributed by atoms with van der Waals surface area (Å²) < 4.78 is 18.3. The van der Waals surface area contributed by atoms with Crippen molar-refractivity contribution in [3.05, 3.63) is 45.7 Å². The van der Waals surface area contributed by atoms with Gasteiger partial charge in [-0.2, -0.15) is 5.26 Å². The molecule has 1 aromatic heterocycles. The summed E-state index contributed by atoms with van der Waals surface area (Å²) in [4.78, 5) is 5.16. The number of rotatable bonds is 5. The molecule has 0 bridgehead atoms. The van der Waals surface area contributed by atoms with Gasteiger partial charge in [0.05, 0.1) is 17.3 Å². The molecule has 1 heterocycles. The zero-order valence-corrected chi connectivity index (χ0v) is 12.2. The summed E-state index contributed by atoms with van der Waals surface area (Å²) in [5.41, 5.74) is 0.856. The van der Waals surface area contributed by atoms with Crippen LogP contribution in [0, 0.1) is 17.1 Å². The molecule has 3 nitrogen and oxygen atoms in total. The maximum atomic E-state index is 12.7. The second-order valence-electron chi connectivity index (χ2n) is 4.64. The predicted molar refractivity (Wildman–Crippen MR) is 76.5 cm³/mol. The van der Waals surface area contributed by atoms with Crippen LogP contribution in [0.4, 0.5) is 4.39 Å². The molecule has 0 N–H and O–H groups in total. The largest absolute Gasteiger partial charge is 0.493 e. The molecule has 0 aliphatic rings. The van der Waals surface area contributed by atoms with Crippen molar-refractivity contribution in [2.45, 2.75) is 26.2 Å². The van der Waals surface area contributed by atoms with E-state index in [0.717, 1.165) is 10.7 Å². The smallest absolute Gasteiger partial charge is 0.128 e. The van der Waals surface area contributed by atoms with E-state index < -0.39 is 0 Å². The lowest BCUT2D eigenvalue weighted by atomic mass is 10.1. The van der Waals surface area contributed by atoms with E-state index in [-0.39, 0.29) is 11.7 Å². The van der Waals surface area contributed by atoms with Crippen molar-refractivity contribution in [3.8, 4) is 11.8 Å². The maximum absolute atomic E-state index is 12.7. The van der Waals surface area contributed by atoms with Crippen LogP contribution in [0.15, 0.2) is 24.3 Å². The number of ether oxygens (including phenoxy) is 1. The number of hydrogen-bond donors (Lipinski definition) is 0. The second-order valence-corrected chi connectivity index (χ2v) is 5.72. The van der Waals surface area contributed by atoms with Crippen molar-refractivity contribution in [2.24, 2.45) is 0 Å². The van der Waals surface area contributed by atoms with E-state index in [0.29, 0.717) is 23.7 Å². The lowest BCUT2D eigenvalue weighted by molar-refractivity contribution is 0.321. The molecule has 20 heavy (non-hydrogen) atoms. The van der Waals surface area contributed by atoms with Gasteiger partial charge in [-0.3, -0.25) is 0 Å². The lowest BCUT2D eigenvalue weighted by Gasteiger charge is -2.04. The minimum Gasteiger partial charge on any atom is -0.493 e. The Hall–Kier alpha value is -1.93. The minimum absolute atomic E-state index is 0.243. The van der Waals surface area contributed by atoms with E-state index in [4.69, 9.17) is 10.00 Å². The van der Waals surface area contributed by atoms with Crippen LogP contribution in [0.25, 0.3) is 0 Å². The average Bonchev–Trinajstić information content (AvgIpc) is 2.84. The van der Waals surface area contributed by atoms with Crippen LogP contribution < -0.4 is 4.74 Å². The number of nitrogens with zero attached hydrogens (tertiary/aromatic N) is 2. The normalized spacial score (nSPS) is 10.6. The van der Waals surface area contributed by atoms with Gasteiger partial charge in [0.2, 0.25) is 0 Å². The number of hydrogen-bond acceptors (Lipinski definition) is 4. The summed E-state index contributed by atoms with van der Waals surface area (Å²) in [6, 6.07) is 8.10. The van der Waals surface area contributed by atoms with Crippen LogP contribution in [0.1, 0.15) is 35.3 Å². The lowest BCUT2D eigenvalue weighted by Crippen LogP contribution is -2.01. The van der Waals surface area contributed by atoms with E-state index in [9.17, 15) is 4.39 Å². The average molecular weight is 290 g/mol. The van der Waals surface area contributed by atoms with Gasteiger partial charge in [-0.1, -0.05) is 13.8 Å². The summed E-state index contributed by atoms with van der Waals surface area (Å²) in [6.07, 6.45) is 0.642. The first kappa shape index (κ1) is 14.5. The molecule has 0 saturated heterocycles. The molecular weight excluding hydrogens is 275 g/mol. The van der Waals surface area contributed by atoms with Gasteiger partial charge in [-0.25, -0.2) is 9.37 Å². The standard InChI is InChI=1S/C15H15FN2OS/c1-10(2)15-13(9-17)20-14(18-15)7-8-19-12-5-3-11(16)4-6-12/h3-6,10H,7-8H2,1-2H3. The van der Waals surface area contributed by atoms with Crippen LogP contribution >= 0.6 is 11.3 Å². The molecule has 5 heteroatoms. The van der Waals surface area contributed by atoms with Crippen LogP contribution in [-0.4, -0.2) is 11.6 Å². The van der Waals surface area contributed by atoms with Crippen LogP contribution in [-0.2, 0) is 6.42 Å². The highest BCUT2D eigenvalue weighted by molar-refractivity contribution is 7.12. The molecule has 0 aliphatic heterocycles. The van der Waals surface area contributed by atoms with Gasteiger partial charge >= 0.3 is 0 Å². The van der Waals surface area contributed by atoms with Gasteiger partial charge in [-0.05, 0) is 30.2 Å². The van der Waals surface area contributed by atoms with Gasteiger partial charge < -0.3 is 4.74 Å². The highest BCUT2D eigenvalue weighted by Gasteiger charge is 2.13. The summed E-state index contributed by atoms with van der Waals surface area (Å²) >= 11 is 1.41. The number of aromatic nitrogens is 1. The fourth-order valence-electron chi connectivity index (χ4n) is 1.74. The van der Waals surface area contributed by atoms with Gasteiger partial charge in [0.1, 0.15) is 22.5 Å². The molecule has 0 unspecified atom stereocenters. The molecule has 104 valence electrons. The Balaban J connectivity index is 1.94. The first-order valence-electron chi connectivity index (χ1n) is 6.38. The Bertz CT molecular complexity index is 614. The van der Waals surface area contributed by atoms with Crippen molar-refractivity contribution < 1.29 is 9.13 Å². The first-order valence-corrected chi connectivity index (χ1v) is 7.20. The number of benzene rings is 1. The zero-order chi connectivity index (χ0) is 14.5.